The van der Waals surface area contributed by atoms with Crippen molar-refractivity contribution in [2.45, 2.75) is 24.3 Å². The maximum absolute atomic E-state index is 12.7. The number of aromatic amines is 1. The van der Waals surface area contributed by atoms with Crippen LogP contribution < -0.4 is 4.72 Å². The molecule has 0 spiro atoms. The Bertz CT molecular complexity index is 1010. The number of rotatable bonds is 6. The van der Waals surface area contributed by atoms with Crippen molar-refractivity contribution in [2.24, 2.45) is 0 Å². The van der Waals surface area contributed by atoms with Gasteiger partial charge in [-0.1, -0.05) is 48.9 Å². The van der Waals surface area contributed by atoms with Crippen LogP contribution in [0.15, 0.2) is 58.2 Å². The number of imidazole rings is 1. The topological polar surface area (TPSA) is 87.7 Å². The van der Waals surface area contributed by atoms with Gasteiger partial charge in [0.05, 0.1) is 17.9 Å². The van der Waals surface area contributed by atoms with Crippen molar-refractivity contribution in [2.75, 3.05) is 0 Å². The molecule has 0 saturated carbocycles. The highest BCUT2D eigenvalue weighted by atomic mass is 79.9. The molecule has 0 aliphatic heterocycles. The van der Waals surface area contributed by atoms with Crippen LogP contribution in [0, 0.1) is 0 Å². The molecule has 6 nitrogen and oxygen atoms in total. The van der Waals surface area contributed by atoms with Gasteiger partial charge in [-0.15, -0.1) is 0 Å². The molecule has 0 saturated heterocycles. The minimum absolute atomic E-state index is 0.0816. The average Bonchev–Trinajstić information content (AvgIpc) is 3.12. The van der Waals surface area contributed by atoms with Crippen molar-refractivity contribution in [3.8, 4) is 11.3 Å². The van der Waals surface area contributed by atoms with Crippen molar-refractivity contribution in [1.82, 2.24) is 19.7 Å². The van der Waals surface area contributed by atoms with E-state index in [9.17, 15) is 8.42 Å². The van der Waals surface area contributed by atoms with Crippen LogP contribution in [0.4, 0.5) is 0 Å². The molecule has 0 aliphatic carbocycles. The first-order valence-corrected chi connectivity index (χ1v) is 10.5. The van der Waals surface area contributed by atoms with Crippen LogP contribution in [-0.2, 0) is 10.0 Å². The van der Waals surface area contributed by atoms with Gasteiger partial charge in [-0.25, -0.2) is 23.1 Å². The van der Waals surface area contributed by atoms with Crippen LogP contribution in [0.1, 0.15) is 25.2 Å². The fourth-order valence-electron chi connectivity index (χ4n) is 2.45. The number of hydrogen-bond donors (Lipinski definition) is 2. The summed E-state index contributed by atoms with van der Waals surface area (Å²) in [5.41, 5.74) is 1.79. The van der Waals surface area contributed by atoms with E-state index in [0.29, 0.717) is 16.7 Å². The molecule has 2 aromatic heterocycles. The number of H-pyrrole nitrogens is 1. The van der Waals surface area contributed by atoms with E-state index in [1.807, 2.05) is 37.3 Å². The van der Waals surface area contributed by atoms with E-state index >= 15 is 0 Å². The quantitative estimate of drug-likeness (QED) is 0.542. The van der Waals surface area contributed by atoms with Crippen molar-refractivity contribution in [3.63, 3.8) is 0 Å². The third kappa shape index (κ3) is 4.15. The summed E-state index contributed by atoms with van der Waals surface area (Å²) >= 11 is 9.18. The summed E-state index contributed by atoms with van der Waals surface area (Å²) in [5.74, 6) is 0.536. The summed E-state index contributed by atoms with van der Waals surface area (Å²) in [7, 11) is -3.86. The smallest absolute Gasteiger partial charge is 0.244 e. The summed E-state index contributed by atoms with van der Waals surface area (Å²) in [4.78, 5) is 11.3. The Morgan fingerprint density at radius 1 is 1.23 bits per heavy atom. The molecule has 3 aromatic rings. The first-order chi connectivity index (χ1) is 12.4. The van der Waals surface area contributed by atoms with E-state index in [1.165, 1.54) is 12.3 Å². The van der Waals surface area contributed by atoms with Crippen LogP contribution >= 0.6 is 27.5 Å². The maximum Gasteiger partial charge on any atom is 0.244 e. The minimum Gasteiger partial charge on any atom is -0.341 e. The van der Waals surface area contributed by atoms with Crippen molar-refractivity contribution in [3.05, 3.63) is 64.2 Å². The maximum atomic E-state index is 12.7. The van der Waals surface area contributed by atoms with Crippen molar-refractivity contribution in [1.29, 1.82) is 0 Å². The Morgan fingerprint density at radius 3 is 2.65 bits per heavy atom. The molecule has 3 rings (SSSR count). The molecule has 2 heterocycles. The molecular formula is C17H16BrClN4O2S. The van der Waals surface area contributed by atoms with Crippen molar-refractivity contribution < 1.29 is 8.42 Å². The van der Waals surface area contributed by atoms with Gasteiger partial charge < -0.3 is 4.98 Å². The van der Waals surface area contributed by atoms with Gasteiger partial charge in [0.15, 0.2) is 0 Å². The van der Waals surface area contributed by atoms with E-state index < -0.39 is 16.1 Å². The Labute approximate surface area is 165 Å². The Balaban J connectivity index is 1.88. The van der Waals surface area contributed by atoms with Crippen LogP contribution in [0.25, 0.3) is 11.3 Å². The van der Waals surface area contributed by atoms with E-state index in [0.717, 1.165) is 11.3 Å². The van der Waals surface area contributed by atoms with Gasteiger partial charge in [0.2, 0.25) is 10.0 Å². The number of aromatic nitrogens is 3. The molecule has 0 fully saturated rings. The van der Waals surface area contributed by atoms with Gasteiger partial charge in [0, 0.05) is 10.7 Å². The molecule has 0 aliphatic rings. The average molecular weight is 456 g/mol. The number of hydrogen-bond acceptors (Lipinski definition) is 4. The first kappa shape index (κ1) is 19.0. The second-order valence-corrected chi connectivity index (χ2v) is 8.53. The lowest BCUT2D eigenvalue weighted by molar-refractivity contribution is 0.539. The molecule has 136 valence electrons. The highest BCUT2D eigenvalue weighted by molar-refractivity contribution is 9.10. The monoisotopic (exact) mass is 454 g/mol. The molecule has 0 radical (unpaired) electrons. The van der Waals surface area contributed by atoms with E-state index in [1.54, 1.807) is 6.20 Å². The number of sulfonamides is 1. The normalized spacial score (nSPS) is 12.9. The van der Waals surface area contributed by atoms with E-state index in [-0.39, 0.29) is 10.0 Å². The SMILES string of the molecule is CCC(NS(=O)(=O)c1cc(Br)cnc1Cl)c1ncc(-c2ccccc2)[nH]1. The molecule has 1 aromatic carbocycles. The van der Waals surface area contributed by atoms with Crippen LogP contribution in [-0.4, -0.2) is 23.4 Å². The number of pyridine rings is 1. The van der Waals surface area contributed by atoms with Crippen LogP contribution in [0.3, 0.4) is 0 Å². The van der Waals surface area contributed by atoms with Gasteiger partial charge >= 0.3 is 0 Å². The first-order valence-electron chi connectivity index (χ1n) is 7.84. The summed E-state index contributed by atoms with van der Waals surface area (Å²) in [6.45, 7) is 1.87. The van der Waals surface area contributed by atoms with Gasteiger partial charge in [0.25, 0.3) is 0 Å². The zero-order chi connectivity index (χ0) is 18.7. The Kier molecular flexibility index (Phi) is 5.76. The Morgan fingerprint density at radius 2 is 1.96 bits per heavy atom. The zero-order valence-corrected chi connectivity index (χ0v) is 16.9. The summed E-state index contributed by atoms with van der Waals surface area (Å²) < 4.78 is 28.6. The molecule has 0 bridgehead atoms. The highest BCUT2D eigenvalue weighted by Crippen LogP contribution is 2.26. The second-order valence-electron chi connectivity index (χ2n) is 5.57. The standard InChI is InChI=1S/C17H16BrClN4O2S/c1-2-13(17-21-10-14(22-17)11-6-4-3-5-7-11)23-26(24,25)15-8-12(18)9-20-16(15)19/h3-10,13,23H,2H2,1H3,(H,21,22). The predicted octanol–water partition coefficient (Wildman–Crippen LogP) is 4.32. The molecular weight excluding hydrogens is 440 g/mol. The summed E-state index contributed by atoms with van der Waals surface area (Å²) in [6, 6.07) is 10.6. The third-order valence-corrected chi connectivity index (χ3v) is 6.11. The van der Waals surface area contributed by atoms with Gasteiger partial charge in [-0.2, -0.15) is 0 Å². The second kappa shape index (κ2) is 7.87. The number of nitrogens with zero attached hydrogens (tertiary/aromatic N) is 2. The minimum atomic E-state index is -3.86. The largest absolute Gasteiger partial charge is 0.341 e. The van der Waals surface area contributed by atoms with Gasteiger partial charge in [-0.05, 0) is 34.0 Å². The molecule has 1 atom stereocenters. The van der Waals surface area contributed by atoms with Gasteiger partial charge in [-0.3, -0.25) is 0 Å². The fourth-order valence-corrected chi connectivity index (χ4v) is 4.68. The Hall–Kier alpha value is -1.74. The molecule has 0 amide bonds. The number of nitrogens with one attached hydrogen (secondary N) is 2. The molecule has 26 heavy (non-hydrogen) atoms. The van der Waals surface area contributed by atoms with E-state index in [2.05, 4.69) is 35.6 Å². The third-order valence-electron chi connectivity index (χ3n) is 3.78. The molecule has 1 unspecified atom stereocenters. The van der Waals surface area contributed by atoms with E-state index in [4.69, 9.17) is 11.6 Å². The van der Waals surface area contributed by atoms with Crippen LogP contribution in [0.2, 0.25) is 5.15 Å². The summed E-state index contributed by atoms with van der Waals surface area (Å²) in [5, 5.41) is -0.0834. The number of halogens is 2. The number of benzene rings is 1. The lowest BCUT2D eigenvalue weighted by atomic mass is 10.2. The lowest BCUT2D eigenvalue weighted by Gasteiger charge is -2.15. The zero-order valence-electron chi connectivity index (χ0n) is 13.8. The molecule has 2 N–H and O–H groups in total. The van der Waals surface area contributed by atoms with Crippen molar-refractivity contribution >= 4 is 37.6 Å². The van der Waals surface area contributed by atoms with Crippen LogP contribution in [0.5, 0.6) is 0 Å². The fraction of sp³-hybridized carbons (Fsp3) is 0.176. The molecule has 9 heteroatoms. The predicted molar refractivity (Wildman–Crippen MR) is 104 cm³/mol. The van der Waals surface area contributed by atoms with Gasteiger partial charge in [0.1, 0.15) is 15.9 Å². The highest BCUT2D eigenvalue weighted by Gasteiger charge is 2.25. The lowest BCUT2D eigenvalue weighted by Crippen LogP contribution is -2.29. The summed E-state index contributed by atoms with van der Waals surface area (Å²) in [6.07, 6.45) is 3.65.